The molecule has 2 rings (SSSR count). The Balaban J connectivity index is 2.06. The minimum atomic E-state index is 0.464. The zero-order valence-corrected chi connectivity index (χ0v) is 12.4. The summed E-state index contributed by atoms with van der Waals surface area (Å²) in [5.41, 5.74) is 7.64. The first-order chi connectivity index (χ1) is 8.70. The number of hydrogen-bond acceptors (Lipinski definition) is 3. The number of nitrogen functional groups attached to an aromatic ring is 1. The summed E-state index contributed by atoms with van der Waals surface area (Å²) >= 11 is 5.19. The zero-order valence-electron chi connectivity index (χ0n) is 10.0. The first-order valence-corrected chi connectivity index (χ1v) is 7.52. The van der Waals surface area contributed by atoms with Gasteiger partial charge >= 0.3 is 0 Å². The molecule has 0 aromatic heterocycles. The number of benzene rings is 2. The highest BCUT2D eigenvalue weighted by Crippen LogP contribution is 2.25. The summed E-state index contributed by atoms with van der Waals surface area (Å²) in [7, 11) is 0. The van der Waals surface area contributed by atoms with Gasteiger partial charge in [-0.15, -0.1) is 11.8 Å². The molecule has 0 aliphatic heterocycles. The summed E-state index contributed by atoms with van der Waals surface area (Å²) in [6.45, 7) is 0.464. The van der Waals surface area contributed by atoms with Gasteiger partial charge in [0.25, 0.3) is 0 Å². The Morgan fingerprint density at radius 2 is 1.89 bits per heavy atom. The number of nitrogens with two attached hydrogens (primary N) is 1. The van der Waals surface area contributed by atoms with E-state index in [-0.39, 0.29) is 0 Å². The number of ether oxygens (including phenoxy) is 1. The third kappa shape index (κ3) is 3.21. The molecule has 0 unspecified atom stereocenters. The first kappa shape index (κ1) is 13.3. The van der Waals surface area contributed by atoms with Gasteiger partial charge in [0.2, 0.25) is 0 Å². The molecular weight excluding hydrogens is 310 g/mol. The van der Waals surface area contributed by atoms with Gasteiger partial charge in [0.05, 0.1) is 0 Å². The Labute approximate surface area is 120 Å². The van der Waals surface area contributed by atoms with E-state index in [0.29, 0.717) is 6.61 Å². The van der Waals surface area contributed by atoms with Gasteiger partial charge in [-0.25, -0.2) is 0 Å². The Morgan fingerprint density at radius 3 is 2.50 bits per heavy atom. The van der Waals surface area contributed by atoms with Crippen LogP contribution in [-0.4, -0.2) is 6.26 Å². The van der Waals surface area contributed by atoms with Crippen molar-refractivity contribution in [1.82, 2.24) is 0 Å². The minimum absolute atomic E-state index is 0.464. The Bertz CT molecular complexity index is 508. The van der Waals surface area contributed by atoms with E-state index in [0.717, 1.165) is 21.5 Å². The van der Waals surface area contributed by atoms with Gasteiger partial charge in [-0.05, 0) is 42.7 Å². The summed E-state index contributed by atoms with van der Waals surface area (Å²) in [5, 5.41) is 0. The van der Waals surface area contributed by atoms with Crippen molar-refractivity contribution in [1.29, 1.82) is 0 Å². The lowest BCUT2D eigenvalue weighted by molar-refractivity contribution is 0.306. The van der Waals surface area contributed by atoms with Gasteiger partial charge in [-0.2, -0.15) is 0 Å². The summed E-state index contributed by atoms with van der Waals surface area (Å²) in [6, 6.07) is 13.8. The van der Waals surface area contributed by atoms with Crippen molar-refractivity contribution < 1.29 is 4.74 Å². The molecule has 0 heterocycles. The largest absolute Gasteiger partial charge is 0.489 e. The van der Waals surface area contributed by atoms with E-state index >= 15 is 0 Å². The van der Waals surface area contributed by atoms with Crippen molar-refractivity contribution >= 4 is 33.4 Å². The third-order valence-electron chi connectivity index (χ3n) is 2.60. The average molecular weight is 324 g/mol. The van der Waals surface area contributed by atoms with Crippen LogP contribution in [0.2, 0.25) is 0 Å². The maximum atomic E-state index is 5.92. The predicted octanol–water partition coefficient (Wildman–Crippen LogP) is 4.33. The van der Waals surface area contributed by atoms with E-state index in [1.165, 1.54) is 4.90 Å². The summed E-state index contributed by atoms with van der Waals surface area (Å²) in [4.78, 5) is 1.22. The molecule has 0 bridgehead atoms. The van der Waals surface area contributed by atoms with Crippen LogP contribution in [0.1, 0.15) is 5.56 Å². The van der Waals surface area contributed by atoms with E-state index in [9.17, 15) is 0 Å². The molecule has 18 heavy (non-hydrogen) atoms. The highest BCUT2D eigenvalue weighted by Gasteiger charge is 2.05. The fourth-order valence-electron chi connectivity index (χ4n) is 1.56. The van der Waals surface area contributed by atoms with Gasteiger partial charge in [0.1, 0.15) is 12.4 Å². The lowest BCUT2D eigenvalue weighted by atomic mass is 10.2. The van der Waals surface area contributed by atoms with Crippen molar-refractivity contribution in [3.63, 3.8) is 0 Å². The van der Waals surface area contributed by atoms with Gasteiger partial charge in [0.15, 0.2) is 0 Å². The molecule has 0 spiro atoms. The highest BCUT2D eigenvalue weighted by molar-refractivity contribution is 9.10. The van der Waals surface area contributed by atoms with E-state index in [4.69, 9.17) is 10.5 Å². The van der Waals surface area contributed by atoms with Crippen molar-refractivity contribution in [2.75, 3.05) is 12.0 Å². The summed E-state index contributed by atoms with van der Waals surface area (Å²) in [6.07, 6.45) is 2.05. The number of rotatable bonds is 4. The van der Waals surface area contributed by atoms with Crippen molar-refractivity contribution in [2.45, 2.75) is 11.5 Å². The summed E-state index contributed by atoms with van der Waals surface area (Å²) < 4.78 is 6.71. The number of anilines is 1. The molecule has 94 valence electrons. The van der Waals surface area contributed by atoms with Crippen LogP contribution < -0.4 is 10.5 Å². The SMILES string of the molecule is CSc1ccc(OCc2c(N)cccc2Br)cc1. The minimum Gasteiger partial charge on any atom is -0.489 e. The predicted molar refractivity (Wildman–Crippen MR) is 81.1 cm³/mol. The lowest BCUT2D eigenvalue weighted by Crippen LogP contribution is -2.01. The van der Waals surface area contributed by atoms with Crippen LogP contribution >= 0.6 is 27.7 Å². The molecule has 4 heteroatoms. The molecule has 0 saturated heterocycles. The maximum absolute atomic E-state index is 5.92. The van der Waals surface area contributed by atoms with Crippen LogP contribution in [0.15, 0.2) is 51.8 Å². The van der Waals surface area contributed by atoms with Crippen LogP contribution in [-0.2, 0) is 6.61 Å². The first-order valence-electron chi connectivity index (χ1n) is 5.50. The fraction of sp³-hybridized carbons (Fsp3) is 0.143. The second-order valence-electron chi connectivity index (χ2n) is 3.77. The topological polar surface area (TPSA) is 35.2 Å². The Kier molecular flexibility index (Phi) is 4.55. The molecule has 2 aromatic carbocycles. The second kappa shape index (κ2) is 6.16. The van der Waals surface area contributed by atoms with Crippen LogP contribution in [0.25, 0.3) is 0 Å². The molecule has 0 aliphatic rings. The smallest absolute Gasteiger partial charge is 0.119 e. The van der Waals surface area contributed by atoms with Crippen LogP contribution in [0.5, 0.6) is 5.75 Å². The van der Waals surface area contributed by atoms with Gasteiger partial charge < -0.3 is 10.5 Å². The molecule has 0 fully saturated rings. The van der Waals surface area contributed by atoms with Crippen LogP contribution in [0.4, 0.5) is 5.69 Å². The molecule has 0 amide bonds. The molecule has 2 aromatic rings. The molecule has 2 N–H and O–H groups in total. The van der Waals surface area contributed by atoms with Crippen molar-refractivity contribution in [2.24, 2.45) is 0 Å². The van der Waals surface area contributed by atoms with E-state index < -0.39 is 0 Å². The summed E-state index contributed by atoms with van der Waals surface area (Å²) in [5.74, 6) is 0.850. The van der Waals surface area contributed by atoms with E-state index in [1.807, 2.05) is 42.5 Å². The second-order valence-corrected chi connectivity index (χ2v) is 5.51. The zero-order chi connectivity index (χ0) is 13.0. The molecule has 2 nitrogen and oxygen atoms in total. The van der Waals surface area contributed by atoms with E-state index in [1.54, 1.807) is 11.8 Å². The molecule has 0 aliphatic carbocycles. The highest BCUT2D eigenvalue weighted by atomic mass is 79.9. The van der Waals surface area contributed by atoms with Crippen LogP contribution in [0, 0.1) is 0 Å². The molecular formula is C14H14BrNOS. The normalized spacial score (nSPS) is 10.3. The van der Waals surface area contributed by atoms with Crippen molar-refractivity contribution in [3.8, 4) is 5.75 Å². The molecule has 0 atom stereocenters. The molecule has 0 saturated carbocycles. The molecule has 0 radical (unpaired) electrons. The quantitative estimate of drug-likeness (QED) is 0.671. The third-order valence-corrected chi connectivity index (χ3v) is 4.08. The van der Waals surface area contributed by atoms with Gasteiger partial charge in [-0.1, -0.05) is 22.0 Å². The number of halogens is 1. The monoisotopic (exact) mass is 323 g/mol. The Morgan fingerprint density at radius 1 is 1.17 bits per heavy atom. The number of hydrogen-bond donors (Lipinski definition) is 1. The van der Waals surface area contributed by atoms with Gasteiger partial charge in [0, 0.05) is 20.6 Å². The number of thioether (sulfide) groups is 1. The maximum Gasteiger partial charge on any atom is 0.119 e. The van der Waals surface area contributed by atoms with Gasteiger partial charge in [-0.3, -0.25) is 0 Å². The van der Waals surface area contributed by atoms with Crippen LogP contribution in [0.3, 0.4) is 0 Å². The standard InChI is InChI=1S/C14H14BrNOS/c1-18-11-7-5-10(6-8-11)17-9-12-13(15)3-2-4-14(12)16/h2-8H,9,16H2,1H3. The van der Waals surface area contributed by atoms with Crippen molar-refractivity contribution in [3.05, 3.63) is 52.5 Å². The fourth-order valence-corrected chi connectivity index (χ4v) is 2.46. The average Bonchev–Trinajstić information content (AvgIpc) is 2.39. The lowest BCUT2D eigenvalue weighted by Gasteiger charge is -2.10. The Hall–Kier alpha value is -1.13. The van der Waals surface area contributed by atoms with E-state index in [2.05, 4.69) is 22.2 Å².